The van der Waals surface area contributed by atoms with Gasteiger partial charge in [-0.05, 0) is 55.2 Å². The third-order valence-electron chi connectivity index (χ3n) is 4.18. The van der Waals surface area contributed by atoms with Gasteiger partial charge in [-0.3, -0.25) is 14.9 Å². The average molecular weight is 400 g/mol. The summed E-state index contributed by atoms with van der Waals surface area (Å²) in [6.07, 6.45) is 0. The van der Waals surface area contributed by atoms with Gasteiger partial charge in [0.05, 0.1) is 17.1 Å². The molecule has 0 heterocycles. The molecule has 0 unspecified atom stereocenters. The Labute approximate surface area is 169 Å². The number of nitrogens with zero attached hydrogens (tertiary/aromatic N) is 1. The van der Waals surface area contributed by atoms with Crippen LogP contribution in [0.15, 0.2) is 36.4 Å². The van der Waals surface area contributed by atoms with Crippen LogP contribution in [0.25, 0.3) is 0 Å². The lowest BCUT2D eigenvalue weighted by molar-refractivity contribution is -0.384. The number of anilines is 1. The van der Waals surface area contributed by atoms with E-state index in [1.807, 2.05) is 13.8 Å². The van der Waals surface area contributed by atoms with Crippen LogP contribution in [0, 0.1) is 29.9 Å². The van der Waals surface area contributed by atoms with Crippen LogP contribution < -0.4 is 10.1 Å². The van der Waals surface area contributed by atoms with Crippen LogP contribution in [0.5, 0.6) is 5.75 Å². The Balaban J connectivity index is 1.97. The molecule has 0 aliphatic rings. The van der Waals surface area contributed by atoms with Gasteiger partial charge in [-0.15, -0.1) is 0 Å². The molecular formula is C21H24N2O6. The van der Waals surface area contributed by atoms with Crippen LogP contribution in [0.1, 0.15) is 35.3 Å². The molecule has 2 aromatic rings. The zero-order chi connectivity index (χ0) is 21.6. The van der Waals surface area contributed by atoms with Crippen LogP contribution >= 0.6 is 0 Å². The SMILES string of the molecule is Cc1ccc([N+](=O)[O-])c(NC(=O)COC(=O)c2ccc(OCC(C)C)cc2)c1C. The quantitative estimate of drug-likeness (QED) is 0.407. The van der Waals surface area contributed by atoms with E-state index >= 15 is 0 Å². The van der Waals surface area contributed by atoms with Crippen LogP contribution in [0.2, 0.25) is 0 Å². The molecule has 2 aromatic carbocycles. The van der Waals surface area contributed by atoms with E-state index in [2.05, 4.69) is 5.32 Å². The summed E-state index contributed by atoms with van der Waals surface area (Å²) in [5.74, 6) is -0.320. The topological polar surface area (TPSA) is 108 Å². The van der Waals surface area contributed by atoms with Crippen molar-refractivity contribution in [3.63, 3.8) is 0 Å². The molecule has 0 aliphatic heterocycles. The fourth-order valence-corrected chi connectivity index (χ4v) is 2.45. The highest BCUT2D eigenvalue weighted by atomic mass is 16.6. The van der Waals surface area contributed by atoms with Gasteiger partial charge >= 0.3 is 5.97 Å². The largest absolute Gasteiger partial charge is 0.493 e. The van der Waals surface area contributed by atoms with Crippen LogP contribution in [-0.2, 0) is 9.53 Å². The molecule has 1 amide bonds. The second-order valence-electron chi connectivity index (χ2n) is 7.01. The molecule has 0 aliphatic carbocycles. The molecule has 0 atom stereocenters. The van der Waals surface area contributed by atoms with Crippen molar-refractivity contribution in [3.05, 3.63) is 63.2 Å². The molecule has 0 saturated carbocycles. The van der Waals surface area contributed by atoms with E-state index in [-0.39, 0.29) is 16.9 Å². The minimum atomic E-state index is -0.675. The van der Waals surface area contributed by atoms with Crippen LogP contribution in [-0.4, -0.2) is 30.0 Å². The van der Waals surface area contributed by atoms with E-state index in [9.17, 15) is 19.7 Å². The minimum Gasteiger partial charge on any atom is -0.493 e. The highest BCUT2D eigenvalue weighted by Crippen LogP contribution is 2.30. The summed E-state index contributed by atoms with van der Waals surface area (Å²) in [5.41, 5.74) is 1.53. The van der Waals surface area contributed by atoms with Crippen molar-refractivity contribution < 1.29 is 24.0 Å². The number of hydrogen-bond donors (Lipinski definition) is 1. The molecule has 0 fully saturated rings. The Bertz CT molecular complexity index is 906. The maximum Gasteiger partial charge on any atom is 0.338 e. The van der Waals surface area contributed by atoms with E-state index in [1.54, 1.807) is 44.2 Å². The molecule has 8 heteroatoms. The summed E-state index contributed by atoms with van der Waals surface area (Å²) in [7, 11) is 0. The summed E-state index contributed by atoms with van der Waals surface area (Å²) in [5, 5.41) is 13.7. The normalized spacial score (nSPS) is 10.5. The fraction of sp³-hybridized carbons (Fsp3) is 0.333. The number of nitrogens with one attached hydrogen (secondary N) is 1. The zero-order valence-corrected chi connectivity index (χ0v) is 16.9. The number of rotatable bonds is 8. The molecular weight excluding hydrogens is 376 g/mol. The molecule has 0 bridgehead atoms. The molecule has 0 spiro atoms. The molecule has 2 rings (SSSR count). The number of nitro groups is 1. The number of nitro benzene ring substituents is 1. The van der Waals surface area contributed by atoms with Crippen molar-refractivity contribution in [3.8, 4) is 5.75 Å². The first-order valence-corrected chi connectivity index (χ1v) is 9.13. The van der Waals surface area contributed by atoms with Gasteiger partial charge in [-0.2, -0.15) is 0 Å². The van der Waals surface area contributed by atoms with Gasteiger partial charge in [-0.1, -0.05) is 19.9 Å². The third kappa shape index (κ3) is 6.03. The first-order chi connectivity index (χ1) is 13.7. The maximum atomic E-state index is 12.2. The maximum absolute atomic E-state index is 12.2. The van der Waals surface area contributed by atoms with Crippen molar-refractivity contribution in [1.29, 1.82) is 0 Å². The number of amides is 1. The van der Waals surface area contributed by atoms with Gasteiger partial charge in [0.15, 0.2) is 6.61 Å². The number of esters is 1. The predicted octanol–water partition coefficient (Wildman–Crippen LogP) is 4.04. The Morgan fingerprint density at radius 3 is 2.34 bits per heavy atom. The number of carbonyl (C=O) groups excluding carboxylic acids is 2. The Hall–Kier alpha value is -3.42. The lowest BCUT2D eigenvalue weighted by atomic mass is 10.1. The highest BCUT2D eigenvalue weighted by Gasteiger charge is 2.20. The number of hydrogen-bond acceptors (Lipinski definition) is 6. The van der Waals surface area contributed by atoms with E-state index in [0.29, 0.717) is 23.8 Å². The van der Waals surface area contributed by atoms with Crippen molar-refractivity contribution in [2.24, 2.45) is 5.92 Å². The monoisotopic (exact) mass is 400 g/mol. The standard InChI is InChI=1S/C21H24N2O6/c1-13(2)11-28-17-8-6-16(7-9-17)21(25)29-12-19(24)22-20-15(4)14(3)5-10-18(20)23(26)27/h5-10,13H,11-12H2,1-4H3,(H,22,24). The van der Waals surface area contributed by atoms with Crippen molar-refractivity contribution >= 4 is 23.3 Å². The molecule has 0 radical (unpaired) electrons. The fourth-order valence-electron chi connectivity index (χ4n) is 2.45. The molecule has 0 saturated heterocycles. The average Bonchev–Trinajstić information content (AvgIpc) is 2.68. The zero-order valence-electron chi connectivity index (χ0n) is 16.9. The Kier molecular flexibility index (Phi) is 7.30. The van der Waals surface area contributed by atoms with Crippen molar-refractivity contribution in [2.45, 2.75) is 27.7 Å². The minimum absolute atomic E-state index is 0.0997. The third-order valence-corrected chi connectivity index (χ3v) is 4.18. The van der Waals surface area contributed by atoms with Gasteiger partial charge in [0, 0.05) is 6.07 Å². The summed E-state index contributed by atoms with van der Waals surface area (Å²) in [6.45, 7) is 7.52. The van der Waals surface area contributed by atoms with Gasteiger partial charge < -0.3 is 14.8 Å². The van der Waals surface area contributed by atoms with Gasteiger partial charge in [0.25, 0.3) is 11.6 Å². The molecule has 8 nitrogen and oxygen atoms in total. The van der Waals surface area contributed by atoms with E-state index < -0.39 is 23.4 Å². The molecule has 29 heavy (non-hydrogen) atoms. The summed E-state index contributed by atoms with van der Waals surface area (Å²) < 4.78 is 10.6. The second kappa shape index (κ2) is 9.68. The summed E-state index contributed by atoms with van der Waals surface area (Å²) >= 11 is 0. The van der Waals surface area contributed by atoms with Crippen LogP contribution in [0.3, 0.4) is 0 Å². The van der Waals surface area contributed by atoms with Gasteiger partial charge in [0.1, 0.15) is 11.4 Å². The molecule has 154 valence electrons. The summed E-state index contributed by atoms with van der Waals surface area (Å²) in [4.78, 5) is 34.9. The number of aryl methyl sites for hydroxylation is 1. The lowest BCUT2D eigenvalue weighted by Crippen LogP contribution is -2.22. The number of carbonyl (C=O) groups is 2. The first-order valence-electron chi connectivity index (χ1n) is 9.13. The Morgan fingerprint density at radius 1 is 1.10 bits per heavy atom. The molecule has 1 N–H and O–H groups in total. The number of benzene rings is 2. The predicted molar refractivity (Wildman–Crippen MR) is 108 cm³/mol. The Morgan fingerprint density at radius 2 is 1.76 bits per heavy atom. The van der Waals surface area contributed by atoms with Crippen molar-refractivity contribution in [1.82, 2.24) is 0 Å². The lowest BCUT2D eigenvalue weighted by Gasteiger charge is -2.11. The summed E-state index contributed by atoms with van der Waals surface area (Å²) in [6, 6.07) is 9.33. The van der Waals surface area contributed by atoms with Crippen LogP contribution in [0.4, 0.5) is 11.4 Å². The second-order valence-corrected chi connectivity index (χ2v) is 7.01. The first kappa shape index (κ1) is 21.9. The highest BCUT2D eigenvalue weighted by molar-refractivity contribution is 5.97. The van der Waals surface area contributed by atoms with E-state index in [1.165, 1.54) is 6.07 Å². The van der Waals surface area contributed by atoms with Gasteiger partial charge in [0.2, 0.25) is 0 Å². The number of ether oxygens (including phenoxy) is 2. The smallest absolute Gasteiger partial charge is 0.338 e. The van der Waals surface area contributed by atoms with E-state index in [4.69, 9.17) is 9.47 Å². The van der Waals surface area contributed by atoms with E-state index in [0.717, 1.165) is 5.56 Å². The van der Waals surface area contributed by atoms with Gasteiger partial charge in [-0.25, -0.2) is 4.79 Å². The molecule has 0 aromatic heterocycles. The van der Waals surface area contributed by atoms with Crippen molar-refractivity contribution in [2.75, 3.05) is 18.5 Å².